The number of nitrogens with zero attached hydrogens (tertiary/aromatic N) is 4. The van der Waals surface area contributed by atoms with Crippen LogP contribution in [0.2, 0.25) is 0 Å². The van der Waals surface area contributed by atoms with Crippen molar-refractivity contribution in [1.82, 2.24) is 25.2 Å². The fraction of sp³-hybridized carbons (Fsp3) is 0.429. The molecule has 3 aromatic rings. The van der Waals surface area contributed by atoms with Gasteiger partial charge in [-0.05, 0) is 90.4 Å². The highest BCUT2D eigenvalue weighted by Crippen LogP contribution is 2.35. The molecule has 0 saturated carbocycles. The molecule has 2 aromatic heterocycles. The molecule has 3 heterocycles. The van der Waals surface area contributed by atoms with E-state index < -0.39 is 5.67 Å². The van der Waals surface area contributed by atoms with Gasteiger partial charge in [-0.3, -0.25) is 14.7 Å². The van der Waals surface area contributed by atoms with Gasteiger partial charge in [-0.15, -0.1) is 0 Å². The number of pyridine rings is 1. The van der Waals surface area contributed by atoms with E-state index in [1.807, 2.05) is 19.9 Å². The number of aromatic nitrogens is 3. The second-order valence-electron chi connectivity index (χ2n) is 10.8. The third-order valence-corrected chi connectivity index (χ3v) is 6.78. The summed E-state index contributed by atoms with van der Waals surface area (Å²) in [6.07, 6.45) is 3.98. The molecule has 3 N–H and O–H groups in total. The maximum atomic E-state index is 14.5. The Kier molecular flexibility index (Phi) is 7.19. The molecule has 1 aromatic carbocycles. The first kappa shape index (κ1) is 26.5. The summed E-state index contributed by atoms with van der Waals surface area (Å²) in [5.41, 5.74) is 2.95. The molecule has 0 aliphatic carbocycles. The highest BCUT2D eigenvalue weighted by atomic mass is 19.1. The first-order chi connectivity index (χ1) is 17.3. The van der Waals surface area contributed by atoms with E-state index in [1.165, 1.54) is 37.4 Å². The van der Waals surface area contributed by atoms with Crippen LogP contribution in [-0.2, 0) is 17.6 Å². The van der Waals surface area contributed by atoms with Gasteiger partial charge in [-0.2, -0.15) is 4.98 Å². The van der Waals surface area contributed by atoms with E-state index in [0.29, 0.717) is 17.5 Å². The molecule has 0 bridgehead atoms. The van der Waals surface area contributed by atoms with Gasteiger partial charge in [0.15, 0.2) is 0 Å². The second kappa shape index (κ2) is 10.0. The number of halogens is 1. The molecule has 0 saturated heterocycles. The lowest BCUT2D eigenvalue weighted by atomic mass is 9.83. The molecule has 0 fully saturated rings. The molecular formula is C28H36FN7O. The maximum Gasteiger partial charge on any atom is 0.256 e. The maximum absolute atomic E-state index is 14.5. The third kappa shape index (κ3) is 5.88. The molecule has 1 aliphatic rings. The topological polar surface area (TPSA) is 95.1 Å². The van der Waals surface area contributed by atoms with Gasteiger partial charge in [0.1, 0.15) is 17.1 Å². The molecular weight excluding hydrogens is 469 g/mol. The van der Waals surface area contributed by atoms with E-state index >= 15 is 0 Å². The predicted octanol–water partition coefficient (Wildman–Crippen LogP) is 5.42. The van der Waals surface area contributed by atoms with E-state index in [9.17, 15) is 9.18 Å². The smallest absolute Gasteiger partial charge is 0.256 e. The van der Waals surface area contributed by atoms with Gasteiger partial charge in [-0.1, -0.05) is 6.07 Å². The summed E-state index contributed by atoms with van der Waals surface area (Å²) < 4.78 is 14.5. The van der Waals surface area contributed by atoms with E-state index in [-0.39, 0.29) is 28.7 Å². The number of nitrogens with one attached hydrogen (secondary N) is 3. The summed E-state index contributed by atoms with van der Waals surface area (Å²) in [6, 6.07) is 9.57. The van der Waals surface area contributed by atoms with Crippen LogP contribution in [0.15, 0.2) is 42.7 Å². The van der Waals surface area contributed by atoms with Crippen LogP contribution in [0.4, 0.5) is 27.5 Å². The summed E-state index contributed by atoms with van der Waals surface area (Å²) >= 11 is 0. The summed E-state index contributed by atoms with van der Waals surface area (Å²) in [7, 11) is 2.15. The Morgan fingerprint density at radius 3 is 2.54 bits per heavy atom. The van der Waals surface area contributed by atoms with Crippen LogP contribution in [0.25, 0.3) is 0 Å². The van der Waals surface area contributed by atoms with Crippen LogP contribution in [0.1, 0.15) is 68.7 Å². The van der Waals surface area contributed by atoms with Crippen molar-refractivity contribution in [2.45, 2.75) is 65.2 Å². The highest BCUT2D eigenvalue weighted by molar-refractivity contribution is 5.99. The number of rotatable bonds is 7. The first-order valence-corrected chi connectivity index (χ1v) is 12.6. The Morgan fingerprint density at radius 1 is 1.11 bits per heavy atom. The van der Waals surface area contributed by atoms with Crippen molar-refractivity contribution < 1.29 is 9.18 Å². The molecule has 0 radical (unpaired) electrons. The minimum Gasteiger partial charge on any atom is -0.350 e. The van der Waals surface area contributed by atoms with E-state index in [1.54, 1.807) is 12.1 Å². The molecule has 1 aliphatic heterocycles. The second-order valence-corrected chi connectivity index (χ2v) is 10.8. The van der Waals surface area contributed by atoms with Crippen LogP contribution in [0.3, 0.4) is 0 Å². The quantitative estimate of drug-likeness (QED) is 0.394. The average Bonchev–Trinajstić information content (AvgIpc) is 2.81. The molecule has 0 spiro atoms. The van der Waals surface area contributed by atoms with Crippen molar-refractivity contribution in [3.63, 3.8) is 0 Å². The minimum absolute atomic E-state index is 0.0390. The van der Waals surface area contributed by atoms with Crippen molar-refractivity contribution in [1.29, 1.82) is 0 Å². The number of fused-ring (bicyclic) bond motifs is 1. The minimum atomic E-state index is -1.61. The van der Waals surface area contributed by atoms with Crippen LogP contribution in [0, 0.1) is 0 Å². The Morgan fingerprint density at radius 2 is 1.84 bits per heavy atom. The molecule has 9 heteroatoms. The van der Waals surface area contributed by atoms with Crippen molar-refractivity contribution in [3.05, 3.63) is 65.1 Å². The summed E-state index contributed by atoms with van der Waals surface area (Å²) in [5.74, 6) is 0.352. The molecule has 4 rings (SSSR count). The number of benzene rings is 1. The Balaban J connectivity index is 1.66. The summed E-state index contributed by atoms with van der Waals surface area (Å²) in [4.78, 5) is 28.4. The van der Waals surface area contributed by atoms with Gasteiger partial charge in [-0.25, -0.2) is 9.37 Å². The van der Waals surface area contributed by atoms with E-state index in [4.69, 9.17) is 0 Å². The van der Waals surface area contributed by atoms with Gasteiger partial charge in [0, 0.05) is 41.9 Å². The highest BCUT2D eigenvalue weighted by Gasteiger charge is 2.32. The zero-order chi connectivity index (χ0) is 27.0. The zero-order valence-corrected chi connectivity index (χ0v) is 22.6. The van der Waals surface area contributed by atoms with Crippen molar-refractivity contribution >= 4 is 29.0 Å². The third-order valence-electron chi connectivity index (χ3n) is 6.78. The average molecular weight is 506 g/mol. The van der Waals surface area contributed by atoms with Crippen molar-refractivity contribution in [3.8, 4) is 0 Å². The van der Waals surface area contributed by atoms with Crippen LogP contribution in [0.5, 0.6) is 0 Å². The monoisotopic (exact) mass is 505 g/mol. The zero-order valence-electron chi connectivity index (χ0n) is 22.6. The molecule has 8 nitrogen and oxygen atoms in total. The Hall–Kier alpha value is -3.59. The van der Waals surface area contributed by atoms with E-state index in [0.717, 1.165) is 18.7 Å². The Labute approximate surface area is 218 Å². The van der Waals surface area contributed by atoms with Crippen molar-refractivity contribution in [2.24, 2.45) is 0 Å². The number of carbonyl (C=O) groups excluding carboxylic acids is 1. The molecule has 0 atom stereocenters. The van der Waals surface area contributed by atoms with E-state index in [2.05, 4.69) is 68.8 Å². The SMILES string of the molecule is CC(C)NC(=O)c1cnc(Nc2ccc3c(c2)CCN(C)C3(C)C)nc1Nc1ccnc(C(C)(C)F)c1. The lowest BCUT2D eigenvalue weighted by Gasteiger charge is -2.41. The van der Waals surface area contributed by atoms with Crippen molar-refractivity contribution in [2.75, 3.05) is 24.2 Å². The van der Waals surface area contributed by atoms with Gasteiger partial charge in [0.2, 0.25) is 5.95 Å². The summed E-state index contributed by atoms with van der Waals surface area (Å²) in [5, 5.41) is 9.33. The fourth-order valence-corrected chi connectivity index (χ4v) is 4.39. The van der Waals surface area contributed by atoms with Gasteiger partial charge in [0.25, 0.3) is 5.91 Å². The molecule has 37 heavy (non-hydrogen) atoms. The van der Waals surface area contributed by atoms with Gasteiger partial charge in [0.05, 0.1) is 5.69 Å². The standard InChI is InChI=1S/C28H36FN7O/c1-17(2)32-25(37)21-16-31-26(35-24(21)33-20-10-12-30-23(15-20)27(3,4)29)34-19-8-9-22-18(14-19)11-13-36(7)28(22,5)6/h8-10,12,14-17H,11,13H2,1-7H3,(H,32,37)(H2,30,31,33,34,35). The fourth-order valence-electron chi connectivity index (χ4n) is 4.39. The Bertz CT molecular complexity index is 1300. The van der Waals surface area contributed by atoms with Crippen LogP contribution >= 0.6 is 0 Å². The first-order valence-electron chi connectivity index (χ1n) is 12.6. The number of anilines is 4. The number of hydrogen-bond acceptors (Lipinski definition) is 7. The normalized spacial score (nSPS) is 15.3. The van der Waals surface area contributed by atoms with Gasteiger partial charge < -0.3 is 16.0 Å². The van der Waals surface area contributed by atoms with Crippen LogP contribution in [-0.4, -0.2) is 45.4 Å². The molecule has 0 unspecified atom stereocenters. The number of amides is 1. The van der Waals surface area contributed by atoms with Crippen LogP contribution < -0.4 is 16.0 Å². The molecule has 196 valence electrons. The largest absolute Gasteiger partial charge is 0.350 e. The summed E-state index contributed by atoms with van der Waals surface area (Å²) in [6.45, 7) is 12.1. The predicted molar refractivity (Wildman–Crippen MR) is 145 cm³/mol. The lowest BCUT2D eigenvalue weighted by Crippen LogP contribution is -2.43. The van der Waals surface area contributed by atoms with Gasteiger partial charge >= 0.3 is 0 Å². The number of hydrogen-bond donors (Lipinski definition) is 3. The number of alkyl halides is 1. The number of likely N-dealkylation sites (N-methyl/N-ethyl adjacent to an activating group) is 1. The number of carbonyl (C=O) groups is 1. The lowest BCUT2D eigenvalue weighted by molar-refractivity contribution is 0.0943. The molecule has 1 amide bonds.